The topological polar surface area (TPSA) is 45.6 Å². The molecule has 1 aliphatic rings. The van der Waals surface area contributed by atoms with Gasteiger partial charge in [0.15, 0.2) is 0 Å². The third-order valence-electron chi connectivity index (χ3n) is 5.29. The van der Waals surface area contributed by atoms with Crippen LogP contribution in [0.25, 0.3) is 10.9 Å². The van der Waals surface area contributed by atoms with Crippen LogP contribution in [-0.2, 0) is 13.6 Å². The smallest absolute Gasteiger partial charge is 0.254 e. The maximum atomic E-state index is 13.1. The third-order valence-corrected chi connectivity index (χ3v) is 5.29. The number of aromatic nitrogens is 1. The first-order valence-corrected chi connectivity index (χ1v) is 9.28. The molecule has 4 rings (SSSR count). The summed E-state index contributed by atoms with van der Waals surface area (Å²) < 4.78 is 1.59. The van der Waals surface area contributed by atoms with Crippen LogP contribution in [-0.4, -0.2) is 46.5 Å². The average Bonchev–Trinajstić information content (AvgIpc) is 2.71. The van der Waals surface area contributed by atoms with Crippen LogP contribution in [0, 0.1) is 0 Å². The van der Waals surface area contributed by atoms with Gasteiger partial charge in [0.05, 0.1) is 11.1 Å². The Hall–Kier alpha value is -2.92. The first-order valence-electron chi connectivity index (χ1n) is 9.28. The lowest BCUT2D eigenvalue weighted by molar-refractivity contribution is 0.0630. The van der Waals surface area contributed by atoms with Crippen LogP contribution in [0.3, 0.4) is 0 Å². The molecule has 0 unspecified atom stereocenters. The van der Waals surface area contributed by atoms with Gasteiger partial charge in [-0.1, -0.05) is 48.5 Å². The number of piperazine rings is 1. The molecule has 0 aliphatic carbocycles. The minimum absolute atomic E-state index is 0.0525. The van der Waals surface area contributed by atoms with E-state index in [4.69, 9.17) is 0 Å². The minimum Gasteiger partial charge on any atom is -0.336 e. The monoisotopic (exact) mass is 361 g/mol. The Kier molecular flexibility index (Phi) is 4.77. The number of aryl methyl sites for hydroxylation is 1. The van der Waals surface area contributed by atoms with Crippen molar-refractivity contribution in [1.29, 1.82) is 0 Å². The summed E-state index contributed by atoms with van der Waals surface area (Å²) in [5, 5.41) is 0.830. The number of hydrogen-bond donors (Lipinski definition) is 0. The number of carbonyl (C=O) groups excluding carboxylic acids is 1. The fraction of sp³-hybridized carbons (Fsp3) is 0.273. The number of para-hydroxylation sites is 1. The number of pyridine rings is 1. The maximum Gasteiger partial charge on any atom is 0.254 e. The second kappa shape index (κ2) is 7.37. The first kappa shape index (κ1) is 17.5. The van der Waals surface area contributed by atoms with Gasteiger partial charge in [-0.2, -0.15) is 0 Å². The Morgan fingerprint density at radius 2 is 1.59 bits per heavy atom. The highest BCUT2D eigenvalue weighted by Crippen LogP contribution is 2.19. The fourth-order valence-electron chi connectivity index (χ4n) is 3.71. The van der Waals surface area contributed by atoms with E-state index < -0.39 is 0 Å². The summed E-state index contributed by atoms with van der Waals surface area (Å²) in [5.41, 5.74) is 2.43. The molecule has 138 valence electrons. The van der Waals surface area contributed by atoms with E-state index in [2.05, 4.69) is 29.2 Å². The zero-order valence-electron chi connectivity index (χ0n) is 15.5. The van der Waals surface area contributed by atoms with Crippen molar-refractivity contribution in [2.24, 2.45) is 7.05 Å². The van der Waals surface area contributed by atoms with Crippen molar-refractivity contribution >= 4 is 16.8 Å². The molecule has 1 aromatic heterocycles. The Labute approximate surface area is 158 Å². The standard InChI is InChI=1S/C22H23N3O2/c1-23-20-10-6-5-9-18(20)19(15-21(23)26)22(27)25-13-11-24(12-14-25)16-17-7-3-2-4-8-17/h2-10,15H,11-14,16H2,1H3. The molecule has 5 nitrogen and oxygen atoms in total. The van der Waals surface area contributed by atoms with E-state index >= 15 is 0 Å². The van der Waals surface area contributed by atoms with Crippen LogP contribution >= 0.6 is 0 Å². The van der Waals surface area contributed by atoms with Crippen LogP contribution in [0.5, 0.6) is 0 Å². The predicted octanol–water partition coefficient (Wildman–Crippen LogP) is 2.50. The summed E-state index contributed by atoms with van der Waals surface area (Å²) in [6, 6.07) is 19.4. The van der Waals surface area contributed by atoms with Crippen molar-refractivity contribution in [3.63, 3.8) is 0 Å². The molecule has 0 radical (unpaired) electrons. The molecule has 0 bridgehead atoms. The number of fused-ring (bicyclic) bond motifs is 1. The quantitative estimate of drug-likeness (QED) is 0.720. The van der Waals surface area contributed by atoms with E-state index in [0.29, 0.717) is 18.7 Å². The van der Waals surface area contributed by atoms with Gasteiger partial charge >= 0.3 is 0 Å². The van der Waals surface area contributed by atoms with E-state index in [1.807, 2.05) is 35.2 Å². The molecule has 1 fully saturated rings. The van der Waals surface area contributed by atoms with Gasteiger partial charge in [-0.3, -0.25) is 14.5 Å². The van der Waals surface area contributed by atoms with Crippen molar-refractivity contribution in [2.45, 2.75) is 6.54 Å². The van der Waals surface area contributed by atoms with Crippen molar-refractivity contribution in [2.75, 3.05) is 26.2 Å². The molecule has 27 heavy (non-hydrogen) atoms. The highest BCUT2D eigenvalue weighted by atomic mass is 16.2. The zero-order chi connectivity index (χ0) is 18.8. The van der Waals surface area contributed by atoms with Crippen LogP contribution < -0.4 is 5.56 Å². The highest BCUT2D eigenvalue weighted by Gasteiger charge is 2.24. The van der Waals surface area contributed by atoms with Crippen LogP contribution in [0.15, 0.2) is 65.5 Å². The van der Waals surface area contributed by atoms with Gasteiger partial charge in [-0.25, -0.2) is 0 Å². The lowest BCUT2D eigenvalue weighted by atomic mass is 10.1. The summed E-state index contributed by atoms with van der Waals surface area (Å²) in [6.45, 7) is 3.93. The van der Waals surface area contributed by atoms with E-state index in [9.17, 15) is 9.59 Å². The molecule has 1 aliphatic heterocycles. The molecule has 0 atom stereocenters. The molecule has 2 aromatic carbocycles. The van der Waals surface area contributed by atoms with Crippen LogP contribution in [0.1, 0.15) is 15.9 Å². The Morgan fingerprint density at radius 1 is 0.926 bits per heavy atom. The number of nitrogens with zero attached hydrogens (tertiary/aromatic N) is 3. The average molecular weight is 361 g/mol. The van der Waals surface area contributed by atoms with Crippen molar-refractivity contribution < 1.29 is 4.79 Å². The molecular formula is C22H23N3O2. The lowest BCUT2D eigenvalue weighted by Crippen LogP contribution is -2.48. The van der Waals surface area contributed by atoms with E-state index in [1.54, 1.807) is 11.6 Å². The van der Waals surface area contributed by atoms with Crippen LogP contribution in [0.4, 0.5) is 0 Å². The van der Waals surface area contributed by atoms with Crippen LogP contribution in [0.2, 0.25) is 0 Å². The van der Waals surface area contributed by atoms with Crippen molar-refractivity contribution in [1.82, 2.24) is 14.4 Å². The van der Waals surface area contributed by atoms with Gasteiger partial charge in [-0.15, -0.1) is 0 Å². The second-order valence-electron chi connectivity index (χ2n) is 7.03. The number of hydrogen-bond acceptors (Lipinski definition) is 3. The second-order valence-corrected chi connectivity index (χ2v) is 7.03. The third kappa shape index (κ3) is 3.51. The van der Waals surface area contributed by atoms with Gasteiger partial charge < -0.3 is 9.47 Å². The zero-order valence-corrected chi connectivity index (χ0v) is 15.5. The first-order chi connectivity index (χ1) is 13.1. The van der Waals surface area contributed by atoms with Gasteiger partial charge in [-0.05, 0) is 11.6 Å². The summed E-state index contributed by atoms with van der Waals surface area (Å²) in [7, 11) is 1.74. The normalized spacial score (nSPS) is 15.2. The Balaban J connectivity index is 1.51. The molecule has 0 spiro atoms. The van der Waals surface area contributed by atoms with E-state index in [0.717, 1.165) is 30.5 Å². The highest BCUT2D eigenvalue weighted by molar-refractivity contribution is 6.06. The van der Waals surface area contributed by atoms with Crippen molar-refractivity contribution in [3.8, 4) is 0 Å². The summed E-state index contributed by atoms with van der Waals surface area (Å²) in [6.07, 6.45) is 0. The fourth-order valence-corrected chi connectivity index (χ4v) is 3.71. The van der Waals surface area contributed by atoms with Gasteiger partial charge in [0, 0.05) is 51.2 Å². The molecular weight excluding hydrogens is 338 g/mol. The summed E-state index contributed by atoms with van der Waals surface area (Å²) in [4.78, 5) is 29.6. The van der Waals surface area contributed by atoms with Gasteiger partial charge in [0.2, 0.25) is 0 Å². The number of carbonyl (C=O) groups is 1. The largest absolute Gasteiger partial charge is 0.336 e. The predicted molar refractivity (Wildman–Crippen MR) is 107 cm³/mol. The number of benzene rings is 2. The van der Waals surface area contributed by atoms with E-state index in [-0.39, 0.29) is 11.5 Å². The Bertz CT molecular complexity index is 1020. The molecule has 5 heteroatoms. The molecule has 1 saturated heterocycles. The summed E-state index contributed by atoms with van der Waals surface area (Å²) in [5.74, 6) is -0.0525. The van der Waals surface area contributed by atoms with Crippen molar-refractivity contribution in [3.05, 3.63) is 82.1 Å². The number of rotatable bonds is 3. The molecule has 0 saturated carbocycles. The molecule has 2 heterocycles. The summed E-state index contributed by atoms with van der Waals surface area (Å²) >= 11 is 0. The minimum atomic E-state index is -0.153. The van der Waals surface area contributed by atoms with Gasteiger partial charge in [0.25, 0.3) is 11.5 Å². The maximum absolute atomic E-state index is 13.1. The lowest BCUT2D eigenvalue weighted by Gasteiger charge is -2.35. The Morgan fingerprint density at radius 3 is 2.33 bits per heavy atom. The number of amides is 1. The SMILES string of the molecule is Cn1c(=O)cc(C(=O)N2CCN(Cc3ccccc3)CC2)c2ccccc21. The molecule has 0 N–H and O–H groups in total. The molecule has 3 aromatic rings. The van der Waals surface area contributed by atoms with Gasteiger partial charge in [0.1, 0.15) is 0 Å². The molecule has 1 amide bonds. The van der Waals surface area contributed by atoms with E-state index in [1.165, 1.54) is 11.6 Å².